The van der Waals surface area contributed by atoms with Crippen LogP contribution in [0, 0.1) is 0 Å². The smallest absolute Gasteiger partial charge is 0.137 e. The van der Waals surface area contributed by atoms with E-state index in [2.05, 4.69) is 10.1 Å². The number of benzene rings is 1. The van der Waals surface area contributed by atoms with Crippen molar-refractivity contribution in [3.05, 3.63) is 41.4 Å². The lowest BCUT2D eigenvalue weighted by Crippen LogP contribution is -2.03. The van der Waals surface area contributed by atoms with Gasteiger partial charge in [0.15, 0.2) is 0 Å². The number of nitrogen functional groups attached to an aromatic ring is 1. The Morgan fingerprint density at radius 1 is 1.43 bits per heavy atom. The van der Waals surface area contributed by atoms with Crippen molar-refractivity contribution < 1.29 is 0 Å². The van der Waals surface area contributed by atoms with E-state index >= 15 is 0 Å². The van der Waals surface area contributed by atoms with Gasteiger partial charge in [-0.2, -0.15) is 5.10 Å². The average Bonchev–Trinajstić information content (AvgIpc) is 2.64. The van der Waals surface area contributed by atoms with E-state index in [0.29, 0.717) is 17.3 Å². The zero-order chi connectivity index (χ0) is 9.97. The van der Waals surface area contributed by atoms with Crippen LogP contribution < -0.4 is 5.73 Å². The van der Waals surface area contributed by atoms with Crippen LogP contribution in [-0.2, 0) is 6.54 Å². The van der Waals surface area contributed by atoms with E-state index in [1.54, 1.807) is 23.1 Å². The van der Waals surface area contributed by atoms with Gasteiger partial charge in [0, 0.05) is 10.7 Å². The van der Waals surface area contributed by atoms with Crippen LogP contribution in [0.25, 0.3) is 0 Å². The van der Waals surface area contributed by atoms with Gasteiger partial charge in [-0.05, 0) is 23.8 Å². The summed E-state index contributed by atoms with van der Waals surface area (Å²) in [7, 11) is 0. The third-order valence-corrected chi connectivity index (χ3v) is 2.14. The lowest BCUT2D eigenvalue weighted by Gasteiger charge is -2.05. The molecule has 0 aliphatic heterocycles. The summed E-state index contributed by atoms with van der Waals surface area (Å²) in [6.45, 7) is 0.590. The van der Waals surface area contributed by atoms with Crippen molar-refractivity contribution in [2.24, 2.45) is 0 Å². The van der Waals surface area contributed by atoms with Crippen LogP contribution in [0.15, 0.2) is 30.9 Å². The molecule has 0 radical (unpaired) electrons. The molecular formula is C9H9ClN4. The zero-order valence-electron chi connectivity index (χ0n) is 7.39. The van der Waals surface area contributed by atoms with Gasteiger partial charge in [-0.15, -0.1) is 0 Å². The number of nitrogens with zero attached hydrogens (tertiary/aromatic N) is 3. The molecule has 0 spiro atoms. The number of rotatable bonds is 2. The van der Waals surface area contributed by atoms with Gasteiger partial charge in [0.2, 0.25) is 0 Å². The second kappa shape index (κ2) is 3.67. The van der Waals surface area contributed by atoms with Gasteiger partial charge in [-0.25, -0.2) is 9.67 Å². The van der Waals surface area contributed by atoms with Gasteiger partial charge in [0.25, 0.3) is 0 Å². The summed E-state index contributed by atoms with van der Waals surface area (Å²) in [5.41, 5.74) is 7.45. The Labute approximate surface area is 86.3 Å². The molecule has 4 nitrogen and oxygen atoms in total. The molecule has 2 N–H and O–H groups in total. The number of hydrogen-bond donors (Lipinski definition) is 1. The summed E-state index contributed by atoms with van der Waals surface area (Å²) >= 11 is 5.86. The Balaban J connectivity index is 2.28. The summed E-state index contributed by atoms with van der Waals surface area (Å²) in [6, 6.07) is 5.38. The van der Waals surface area contributed by atoms with Crippen molar-refractivity contribution >= 4 is 17.3 Å². The summed E-state index contributed by atoms with van der Waals surface area (Å²) in [4.78, 5) is 3.85. The Hall–Kier alpha value is -1.55. The van der Waals surface area contributed by atoms with Gasteiger partial charge >= 0.3 is 0 Å². The molecule has 0 saturated carbocycles. The first-order valence-electron chi connectivity index (χ1n) is 4.12. The molecule has 72 valence electrons. The van der Waals surface area contributed by atoms with E-state index in [1.165, 1.54) is 6.33 Å². The fraction of sp³-hybridized carbons (Fsp3) is 0.111. The minimum absolute atomic E-state index is 0.590. The van der Waals surface area contributed by atoms with Crippen molar-refractivity contribution in [3.63, 3.8) is 0 Å². The van der Waals surface area contributed by atoms with E-state index in [-0.39, 0.29) is 0 Å². The molecule has 0 unspecified atom stereocenters. The lowest BCUT2D eigenvalue weighted by atomic mass is 10.2. The fourth-order valence-corrected chi connectivity index (χ4v) is 1.39. The minimum Gasteiger partial charge on any atom is -0.398 e. The third-order valence-electron chi connectivity index (χ3n) is 1.90. The predicted molar refractivity (Wildman–Crippen MR) is 55.0 cm³/mol. The Morgan fingerprint density at radius 3 is 3.00 bits per heavy atom. The van der Waals surface area contributed by atoms with Crippen molar-refractivity contribution in [2.45, 2.75) is 6.54 Å². The number of halogens is 1. The van der Waals surface area contributed by atoms with Gasteiger partial charge in [0.1, 0.15) is 12.7 Å². The highest BCUT2D eigenvalue weighted by atomic mass is 35.5. The van der Waals surface area contributed by atoms with E-state index in [1.807, 2.05) is 6.07 Å². The number of hydrogen-bond acceptors (Lipinski definition) is 3. The molecule has 0 bridgehead atoms. The average molecular weight is 209 g/mol. The molecule has 5 heteroatoms. The molecule has 14 heavy (non-hydrogen) atoms. The Bertz CT molecular complexity index is 424. The monoisotopic (exact) mass is 208 g/mol. The fourth-order valence-electron chi connectivity index (χ4n) is 1.20. The maximum atomic E-state index is 5.86. The van der Waals surface area contributed by atoms with Crippen LogP contribution >= 0.6 is 11.6 Å². The minimum atomic E-state index is 0.590. The molecule has 1 heterocycles. The van der Waals surface area contributed by atoms with Gasteiger partial charge in [-0.1, -0.05) is 11.6 Å². The number of nitrogens with two attached hydrogens (primary N) is 1. The quantitative estimate of drug-likeness (QED) is 0.763. The maximum absolute atomic E-state index is 5.86. The van der Waals surface area contributed by atoms with Crippen molar-refractivity contribution in [3.8, 4) is 0 Å². The first-order chi connectivity index (χ1) is 6.75. The summed E-state index contributed by atoms with van der Waals surface area (Å²) < 4.78 is 1.70. The maximum Gasteiger partial charge on any atom is 0.137 e. The van der Waals surface area contributed by atoms with Crippen molar-refractivity contribution in [2.75, 3.05) is 5.73 Å². The van der Waals surface area contributed by atoms with Crippen LogP contribution in [0.4, 0.5) is 5.69 Å². The zero-order valence-corrected chi connectivity index (χ0v) is 8.15. The molecule has 2 aromatic rings. The Morgan fingerprint density at radius 2 is 2.29 bits per heavy atom. The highest BCUT2D eigenvalue weighted by molar-refractivity contribution is 6.30. The molecule has 0 aliphatic carbocycles. The standard InChI is InChI=1S/C9H9ClN4/c10-8-1-2-9(11)7(3-8)4-14-6-12-5-13-14/h1-3,5-6H,4,11H2. The molecule has 0 aliphatic rings. The molecule has 0 saturated heterocycles. The molecule has 0 atom stereocenters. The third kappa shape index (κ3) is 1.85. The summed E-state index contributed by atoms with van der Waals surface area (Å²) in [5, 5.41) is 4.66. The first kappa shape index (κ1) is 9.02. The van der Waals surface area contributed by atoms with Crippen LogP contribution in [0.2, 0.25) is 5.02 Å². The molecule has 1 aromatic carbocycles. The molecule has 1 aromatic heterocycles. The normalized spacial score (nSPS) is 10.4. The van der Waals surface area contributed by atoms with Gasteiger partial charge in [0.05, 0.1) is 6.54 Å². The number of anilines is 1. The van der Waals surface area contributed by atoms with E-state index in [9.17, 15) is 0 Å². The molecule has 0 amide bonds. The summed E-state index contributed by atoms with van der Waals surface area (Å²) in [6.07, 6.45) is 3.13. The van der Waals surface area contributed by atoms with Crippen LogP contribution in [-0.4, -0.2) is 14.8 Å². The topological polar surface area (TPSA) is 56.7 Å². The van der Waals surface area contributed by atoms with E-state index < -0.39 is 0 Å². The largest absolute Gasteiger partial charge is 0.398 e. The summed E-state index contributed by atoms with van der Waals surface area (Å²) in [5.74, 6) is 0. The lowest BCUT2D eigenvalue weighted by molar-refractivity contribution is 0.686. The second-order valence-corrected chi connectivity index (χ2v) is 3.37. The van der Waals surface area contributed by atoms with Crippen LogP contribution in [0.1, 0.15) is 5.56 Å². The van der Waals surface area contributed by atoms with E-state index in [0.717, 1.165) is 5.56 Å². The second-order valence-electron chi connectivity index (χ2n) is 2.94. The molecule has 2 rings (SSSR count). The molecule has 0 fully saturated rings. The number of aromatic nitrogens is 3. The SMILES string of the molecule is Nc1ccc(Cl)cc1Cn1cncn1. The van der Waals surface area contributed by atoms with E-state index in [4.69, 9.17) is 17.3 Å². The first-order valence-corrected chi connectivity index (χ1v) is 4.50. The van der Waals surface area contributed by atoms with Gasteiger partial charge < -0.3 is 5.73 Å². The van der Waals surface area contributed by atoms with Gasteiger partial charge in [-0.3, -0.25) is 0 Å². The highest BCUT2D eigenvalue weighted by Gasteiger charge is 2.01. The van der Waals surface area contributed by atoms with Crippen LogP contribution in [0.5, 0.6) is 0 Å². The van der Waals surface area contributed by atoms with Crippen molar-refractivity contribution in [1.29, 1.82) is 0 Å². The van der Waals surface area contributed by atoms with Crippen LogP contribution in [0.3, 0.4) is 0 Å². The highest BCUT2D eigenvalue weighted by Crippen LogP contribution is 2.18. The Kier molecular flexibility index (Phi) is 2.37. The predicted octanol–water partition coefficient (Wildman–Crippen LogP) is 1.56. The van der Waals surface area contributed by atoms with Crippen molar-refractivity contribution in [1.82, 2.24) is 14.8 Å². The molecular weight excluding hydrogens is 200 g/mol.